The number of nitrogens with zero attached hydrogens (tertiary/aromatic N) is 1. The minimum absolute atomic E-state index is 0.209. The molecule has 6 heteroatoms. The fraction of sp³-hybridized carbons (Fsp3) is 0.500. The highest BCUT2D eigenvalue weighted by atomic mass is 16.5. The molecule has 1 saturated heterocycles. The summed E-state index contributed by atoms with van der Waals surface area (Å²) in [5.74, 6) is 0.345. The quantitative estimate of drug-likeness (QED) is 0.788. The Morgan fingerprint density at radius 3 is 2.85 bits per heavy atom. The highest BCUT2D eigenvalue weighted by Crippen LogP contribution is 2.23. The van der Waals surface area contributed by atoms with E-state index in [1.807, 2.05) is 13.8 Å². The molecule has 0 aliphatic carbocycles. The predicted octanol–water partition coefficient (Wildman–Crippen LogP) is 0.602. The van der Waals surface area contributed by atoms with Gasteiger partial charge in [-0.05, 0) is 20.3 Å². The average Bonchev–Trinajstić information content (AvgIpc) is 2.40. The number of piperidine rings is 1. The number of methoxy groups -OCH3 is 1. The molecule has 1 unspecified atom stereocenters. The van der Waals surface area contributed by atoms with Crippen LogP contribution in [0.4, 0.5) is 0 Å². The van der Waals surface area contributed by atoms with Gasteiger partial charge in [0.1, 0.15) is 5.75 Å². The molecule has 2 rings (SSSR count). The maximum absolute atomic E-state index is 11.6. The Balaban J connectivity index is 2.04. The Labute approximate surface area is 117 Å². The lowest BCUT2D eigenvalue weighted by molar-refractivity contribution is -0.134. The number of rotatable bonds is 4. The van der Waals surface area contributed by atoms with Crippen LogP contribution in [0.25, 0.3) is 0 Å². The smallest absolute Gasteiger partial charge is 0.243 e. The summed E-state index contributed by atoms with van der Waals surface area (Å²) in [4.78, 5) is 27.1. The molecule has 20 heavy (non-hydrogen) atoms. The van der Waals surface area contributed by atoms with Crippen molar-refractivity contribution in [3.63, 3.8) is 0 Å². The zero-order chi connectivity index (χ0) is 14.7. The second kappa shape index (κ2) is 6.00. The third-order valence-electron chi connectivity index (χ3n) is 3.50. The number of aromatic nitrogens is 1. The van der Waals surface area contributed by atoms with Crippen molar-refractivity contribution in [1.82, 2.24) is 15.6 Å². The van der Waals surface area contributed by atoms with Crippen molar-refractivity contribution < 1.29 is 14.3 Å². The number of hydrogen-bond donors (Lipinski definition) is 2. The van der Waals surface area contributed by atoms with Gasteiger partial charge in [0.05, 0.1) is 18.8 Å². The van der Waals surface area contributed by atoms with Gasteiger partial charge in [-0.2, -0.15) is 0 Å². The van der Waals surface area contributed by atoms with E-state index >= 15 is 0 Å². The Bertz CT molecular complexity index is 543. The van der Waals surface area contributed by atoms with Crippen LogP contribution < -0.4 is 15.4 Å². The number of pyridine rings is 1. The van der Waals surface area contributed by atoms with Crippen molar-refractivity contribution in [1.29, 1.82) is 0 Å². The van der Waals surface area contributed by atoms with E-state index in [0.29, 0.717) is 19.4 Å². The van der Waals surface area contributed by atoms with E-state index in [1.165, 1.54) is 0 Å². The third kappa shape index (κ3) is 2.96. The number of imide groups is 1. The van der Waals surface area contributed by atoms with Crippen molar-refractivity contribution in [3.05, 3.63) is 23.0 Å². The van der Waals surface area contributed by atoms with Crippen LogP contribution in [-0.4, -0.2) is 29.9 Å². The highest BCUT2D eigenvalue weighted by Gasteiger charge is 2.26. The molecular weight excluding hydrogens is 258 g/mol. The lowest BCUT2D eigenvalue weighted by Crippen LogP contribution is -2.50. The fourth-order valence-corrected chi connectivity index (χ4v) is 2.36. The van der Waals surface area contributed by atoms with Gasteiger partial charge in [0.25, 0.3) is 0 Å². The molecule has 2 amide bonds. The number of hydrogen-bond acceptors (Lipinski definition) is 5. The molecule has 0 aromatic carbocycles. The molecule has 1 aliphatic rings. The van der Waals surface area contributed by atoms with Crippen molar-refractivity contribution in [2.45, 2.75) is 39.3 Å². The second-order valence-electron chi connectivity index (χ2n) is 4.93. The van der Waals surface area contributed by atoms with E-state index in [9.17, 15) is 9.59 Å². The first-order valence-electron chi connectivity index (χ1n) is 6.59. The number of carbonyl (C=O) groups excluding carboxylic acids is 2. The van der Waals surface area contributed by atoms with E-state index in [4.69, 9.17) is 4.74 Å². The molecule has 2 heterocycles. The first kappa shape index (κ1) is 14.5. The Morgan fingerprint density at radius 1 is 1.45 bits per heavy atom. The van der Waals surface area contributed by atoms with Crippen molar-refractivity contribution in [2.75, 3.05) is 7.11 Å². The molecule has 1 aromatic rings. The number of carbonyl (C=O) groups is 2. The number of aryl methyl sites for hydroxylation is 1. The highest BCUT2D eigenvalue weighted by molar-refractivity contribution is 6.00. The van der Waals surface area contributed by atoms with Crippen molar-refractivity contribution in [3.8, 4) is 5.75 Å². The summed E-state index contributed by atoms with van der Waals surface area (Å²) in [5.41, 5.74) is 2.79. The molecule has 108 valence electrons. The monoisotopic (exact) mass is 277 g/mol. The average molecular weight is 277 g/mol. The minimum Gasteiger partial charge on any atom is -0.496 e. The van der Waals surface area contributed by atoms with Gasteiger partial charge in [-0.25, -0.2) is 0 Å². The molecular formula is C14H19N3O3. The van der Waals surface area contributed by atoms with Crippen LogP contribution in [0.15, 0.2) is 6.20 Å². The van der Waals surface area contributed by atoms with Crippen LogP contribution in [0, 0.1) is 13.8 Å². The van der Waals surface area contributed by atoms with Gasteiger partial charge in [0.15, 0.2) is 0 Å². The van der Waals surface area contributed by atoms with Gasteiger partial charge in [0.2, 0.25) is 11.8 Å². The van der Waals surface area contributed by atoms with Crippen molar-refractivity contribution in [2.24, 2.45) is 0 Å². The van der Waals surface area contributed by atoms with Crippen LogP contribution >= 0.6 is 0 Å². The van der Waals surface area contributed by atoms with Crippen LogP contribution in [-0.2, 0) is 16.1 Å². The van der Waals surface area contributed by atoms with Gasteiger partial charge in [-0.3, -0.25) is 19.9 Å². The second-order valence-corrected chi connectivity index (χ2v) is 4.93. The Hall–Kier alpha value is -1.95. The van der Waals surface area contributed by atoms with Gasteiger partial charge in [-0.1, -0.05) is 0 Å². The fourth-order valence-electron chi connectivity index (χ4n) is 2.36. The van der Waals surface area contributed by atoms with E-state index in [-0.39, 0.29) is 17.9 Å². The van der Waals surface area contributed by atoms with E-state index in [0.717, 1.165) is 22.6 Å². The zero-order valence-corrected chi connectivity index (χ0v) is 11.9. The van der Waals surface area contributed by atoms with Gasteiger partial charge < -0.3 is 10.1 Å². The molecule has 1 atom stereocenters. The molecule has 6 nitrogen and oxygen atoms in total. The summed E-state index contributed by atoms with van der Waals surface area (Å²) in [6.45, 7) is 4.35. The number of ether oxygens (including phenoxy) is 1. The van der Waals surface area contributed by atoms with E-state index in [1.54, 1.807) is 13.3 Å². The third-order valence-corrected chi connectivity index (χ3v) is 3.50. The first-order chi connectivity index (χ1) is 9.52. The zero-order valence-electron chi connectivity index (χ0n) is 11.9. The molecule has 0 radical (unpaired) electrons. The number of amides is 2. The largest absolute Gasteiger partial charge is 0.496 e. The summed E-state index contributed by atoms with van der Waals surface area (Å²) in [6, 6.07) is -0.346. The maximum Gasteiger partial charge on any atom is 0.243 e. The molecule has 0 bridgehead atoms. The molecule has 1 aromatic heterocycles. The molecule has 1 aliphatic heterocycles. The molecule has 0 saturated carbocycles. The molecule has 2 N–H and O–H groups in total. The van der Waals surface area contributed by atoms with Gasteiger partial charge in [0, 0.05) is 30.3 Å². The first-order valence-corrected chi connectivity index (χ1v) is 6.59. The van der Waals surface area contributed by atoms with E-state index in [2.05, 4.69) is 15.6 Å². The van der Waals surface area contributed by atoms with Crippen LogP contribution in [0.3, 0.4) is 0 Å². The summed E-state index contributed by atoms with van der Waals surface area (Å²) >= 11 is 0. The minimum atomic E-state index is -0.346. The summed E-state index contributed by atoms with van der Waals surface area (Å²) in [5, 5.41) is 5.46. The number of nitrogens with one attached hydrogen (secondary N) is 2. The topological polar surface area (TPSA) is 80.3 Å². The summed E-state index contributed by atoms with van der Waals surface area (Å²) < 4.78 is 5.35. The molecule has 0 spiro atoms. The van der Waals surface area contributed by atoms with Gasteiger partial charge in [-0.15, -0.1) is 0 Å². The molecule has 1 fully saturated rings. The van der Waals surface area contributed by atoms with Crippen LogP contribution in [0.1, 0.15) is 29.7 Å². The normalized spacial score (nSPS) is 18.9. The van der Waals surface area contributed by atoms with Gasteiger partial charge >= 0.3 is 0 Å². The van der Waals surface area contributed by atoms with Crippen LogP contribution in [0.5, 0.6) is 5.75 Å². The summed E-state index contributed by atoms with van der Waals surface area (Å²) in [6.07, 6.45) is 2.65. The Kier molecular flexibility index (Phi) is 4.34. The SMILES string of the molecule is COc1c(C)cnc(CNC2CCC(=O)NC2=O)c1C. The van der Waals surface area contributed by atoms with E-state index < -0.39 is 0 Å². The van der Waals surface area contributed by atoms with Crippen LogP contribution in [0.2, 0.25) is 0 Å². The lowest BCUT2D eigenvalue weighted by Gasteiger charge is -2.22. The Morgan fingerprint density at radius 2 is 2.20 bits per heavy atom. The maximum atomic E-state index is 11.6. The lowest BCUT2D eigenvalue weighted by atomic mass is 10.1. The predicted molar refractivity (Wildman–Crippen MR) is 73.3 cm³/mol. The summed E-state index contributed by atoms with van der Waals surface area (Å²) in [7, 11) is 1.63. The van der Waals surface area contributed by atoms with Crippen molar-refractivity contribution >= 4 is 11.8 Å². The standard InChI is InChI=1S/C14H19N3O3/c1-8-6-15-11(9(2)13(8)20-3)7-16-10-4-5-12(18)17-14(10)19/h6,10,16H,4-5,7H2,1-3H3,(H,17,18,19).